The average molecular weight is 691 g/mol. The molecular formula is C38H47ClN2O6Si. The van der Waals surface area contributed by atoms with Crippen molar-refractivity contribution in [2.45, 2.75) is 102 Å². The number of Topliss-reactive ketones (excluding diaryl/α,β-unsaturated/α-hetero) is 1. The van der Waals surface area contributed by atoms with Crippen molar-refractivity contribution in [2.24, 2.45) is 5.73 Å². The molecule has 2 fully saturated rings. The first kappa shape index (κ1) is 34.6. The second-order valence-electron chi connectivity index (χ2n) is 15.3. The number of amides is 1. The molecular weight excluding hydrogens is 644 g/mol. The van der Waals surface area contributed by atoms with Gasteiger partial charge in [-0.25, -0.2) is 0 Å². The highest BCUT2D eigenvalue weighted by Gasteiger charge is 2.44. The lowest BCUT2D eigenvalue weighted by Crippen LogP contribution is -2.44. The van der Waals surface area contributed by atoms with E-state index in [0.717, 1.165) is 21.7 Å². The monoisotopic (exact) mass is 690 g/mol. The maximum absolute atomic E-state index is 13.8. The van der Waals surface area contributed by atoms with Crippen LogP contribution in [0.2, 0.25) is 23.2 Å². The third-order valence-corrected chi connectivity index (χ3v) is 14.9. The highest BCUT2D eigenvalue weighted by Crippen LogP contribution is 2.42. The smallest absolute Gasteiger partial charge is 0.252 e. The van der Waals surface area contributed by atoms with Crippen molar-refractivity contribution < 1.29 is 28.2 Å². The zero-order valence-electron chi connectivity index (χ0n) is 29.0. The van der Waals surface area contributed by atoms with Crippen LogP contribution in [0.25, 0.3) is 21.7 Å². The fourth-order valence-electron chi connectivity index (χ4n) is 6.24. The molecule has 1 aliphatic heterocycles. The molecule has 6 rings (SSSR count). The number of carbonyl (C=O) groups excluding carboxylic acids is 2. The molecule has 256 valence electrons. The zero-order chi connectivity index (χ0) is 34.6. The van der Waals surface area contributed by atoms with Gasteiger partial charge in [-0.05, 0) is 104 Å². The minimum atomic E-state index is -1.97. The first-order valence-electron chi connectivity index (χ1n) is 16.8. The fraction of sp³-hybridized carbons (Fsp3) is 0.474. The summed E-state index contributed by atoms with van der Waals surface area (Å²) in [5.74, 6) is -0.706. The number of ether oxygens (including phenoxy) is 3. The van der Waals surface area contributed by atoms with E-state index in [0.29, 0.717) is 36.1 Å². The van der Waals surface area contributed by atoms with E-state index in [4.69, 9.17) is 36.0 Å². The highest BCUT2D eigenvalue weighted by molar-refractivity contribution is 6.74. The van der Waals surface area contributed by atoms with Crippen molar-refractivity contribution in [3.8, 4) is 5.75 Å². The highest BCUT2D eigenvalue weighted by atomic mass is 35.5. The molecule has 0 spiro atoms. The molecule has 1 aromatic heterocycles. The average Bonchev–Trinajstić information content (AvgIpc) is 3.73. The van der Waals surface area contributed by atoms with E-state index in [-0.39, 0.29) is 40.9 Å². The number of aryl methyl sites for hydroxylation is 1. The predicted molar refractivity (Wildman–Crippen MR) is 193 cm³/mol. The van der Waals surface area contributed by atoms with Crippen LogP contribution in [0, 0.1) is 0 Å². The van der Waals surface area contributed by atoms with Crippen LogP contribution in [0.4, 0.5) is 0 Å². The Kier molecular flexibility index (Phi) is 9.32. The lowest BCUT2D eigenvalue weighted by molar-refractivity contribution is -0.149. The molecule has 48 heavy (non-hydrogen) atoms. The Hall–Kier alpha value is -3.21. The summed E-state index contributed by atoms with van der Waals surface area (Å²) in [5.41, 5.74) is 8.76. The van der Waals surface area contributed by atoms with E-state index >= 15 is 0 Å². The Labute approximate surface area is 288 Å². The number of nitrogens with zero attached hydrogens (tertiary/aromatic N) is 1. The number of primary amides is 1. The van der Waals surface area contributed by atoms with E-state index in [1.54, 1.807) is 24.3 Å². The maximum atomic E-state index is 13.8. The lowest BCUT2D eigenvalue weighted by Gasteiger charge is -2.37. The van der Waals surface area contributed by atoms with E-state index in [1.165, 1.54) is 18.4 Å². The fourth-order valence-corrected chi connectivity index (χ4v) is 7.43. The van der Waals surface area contributed by atoms with Crippen LogP contribution in [0.3, 0.4) is 0 Å². The first-order chi connectivity index (χ1) is 22.5. The standard InChI is InChI=1S/C38H47ClN2O6Si/c1-37(2,3)48(6,7)45-22-35-33(46-38(4,5)47-35)14-15-41-20-30(28-13-11-24(18-31(28)41)23-8-9-23)32(42)21-44-34-19-25-10-12-27(39)16-26(25)17-29(34)36(40)43/h10-13,16-20,23,33,35H,8-9,14-15,21-22H2,1-7H3,(H2,40,43)/t33-,35-/m1/s1. The predicted octanol–water partition coefficient (Wildman–Crippen LogP) is 8.62. The number of rotatable bonds is 12. The molecule has 0 bridgehead atoms. The number of halogens is 1. The van der Waals surface area contributed by atoms with Gasteiger partial charge in [-0.1, -0.05) is 50.6 Å². The van der Waals surface area contributed by atoms with Crippen LogP contribution in [0.15, 0.2) is 54.7 Å². The Balaban J connectivity index is 1.23. The van der Waals surface area contributed by atoms with Crippen LogP contribution in [0.5, 0.6) is 5.75 Å². The molecule has 1 saturated carbocycles. The quantitative estimate of drug-likeness (QED) is 0.118. The van der Waals surface area contributed by atoms with E-state index < -0.39 is 20.0 Å². The van der Waals surface area contributed by atoms with Crippen molar-refractivity contribution in [3.05, 3.63) is 76.4 Å². The van der Waals surface area contributed by atoms with Crippen molar-refractivity contribution in [3.63, 3.8) is 0 Å². The topological polar surface area (TPSA) is 102 Å². The minimum absolute atomic E-state index is 0.0947. The summed E-state index contributed by atoms with van der Waals surface area (Å²) in [6, 6.07) is 15.1. The first-order valence-corrected chi connectivity index (χ1v) is 20.1. The van der Waals surface area contributed by atoms with Gasteiger partial charge >= 0.3 is 0 Å². The van der Waals surface area contributed by atoms with Gasteiger partial charge in [0.05, 0.1) is 18.3 Å². The molecule has 0 unspecified atom stereocenters. The molecule has 3 aromatic carbocycles. The minimum Gasteiger partial charge on any atom is -0.485 e. The lowest BCUT2D eigenvalue weighted by atomic mass is 10.0. The van der Waals surface area contributed by atoms with Gasteiger partial charge in [0, 0.05) is 34.2 Å². The van der Waals surface area contributed by atoms with Gasteiger partial charge in [0.25, 0.3) is 5.91 Å². The van der Waals surface area contributed by atoms with Crippen LogP contribution in [-0.2, 0) is 20.4 Å². The molecule has 10 heteroatoms. The Bertz CT molecular complexity index is 1870. The molecule has 0 radical (unpaired) electrons. The zero-order valence-corrected chi connectivity index (χ0v) is 30.8. The Morgan fingerprint density at radius 2 is 1.73 bits per heavy atom. The number of nitrogens with two attached hydrogens (primary N) is 1. The van der Waals surface area contributed by atoms with E-state index in [9.17, 15) is 9.59 Å². The molecule has 1 amide bonds. The third kappa shape index (κ3) is 7.35. The molecule has 2 N–H and O–H groups in total. The van der Waals surface area contributed by atoms with Gasteiger partial charge in [0.2, 0.25) is 5.78 Å². The molecule has 2 heterocycles. The van der Waals surface area contributed by atoms with Crippen LogP contribution >= 0.6 is 11.6 Å². The van der Waals surface area contributed by atoms with Gasteiger partial charge in [-0.2, -0.15) is 0 Å². The number of hydrogen-bond acceptors (Lipinski definition) is 6. The van der Waals surface area contributed by atoms with Gasteiger partial charge in [-0.15, -0.1) is 0 Å². The van der Waals surface area contributed by atoms with Crippen LogP contribution in [-0.4, -0.2) is 55.8 Å². The van der Waals surface area contributed by atoms with Crippen molar-refractivity contribution in [1.82, 2.24) is 4.57 Å². The van der Waals surface area contributed by atoms with Gasteiger partial charge < -0.3 is 28.9 Å². The van der Waals surface area contributed by atoms with E-state index in [2.05, 4.69) is 56.6 Å². The number of benzene rings is 3. The molecule has 4 aromatic rings. The Morgan fingerprint density at radius 3 is 2.42 bits per heavy atom. The van der Waals surface area contributed by atoms with Gasteiger partial charge in [-0.3, -0.25) is 9.59 Å². The summed E-state index contributed by atoms with van der Waals surface area (Å²) in [7, 11) is -1.97. The molecule has 2 atom stereocenters. The molecule has 2 aliphatic rings. The summed E-state index contributed by atoms with van der Waals surface area (Å²) in [5, 5.41) is 3.10. The number of hydrogen-bond donors (Lipinski definition) is 1. The van der Waals surface area contributed by atoms with Crippen molar-refractivity contribution >= 4 is 53.3 Å². The van der Waals surface area contributed by atoms with Gasteiger partial charge in [0.15, 0.2) is 20.7 Å². The van der Waals surface area contributed by atoms with Crippen molar-refractivity contribution in [2.75, 3.05) is 13.2 Å². The molecule has 1 aliphatic carbocycles. The summed E-state index contributed by atoms with van der Waals surface area (Å²) in [4.78, 5) is 26.1. The summed E-state index contributed by atoms with van der Waals surface area (Å²) in [6.07, 6.45) is 4.64. The van der Waals surface area contributed by atoms with Crippen LogP contribution < -0.4 is 10.5 Å². The molecule has 1 saturated heterocycles. The number of ketones is 1. The SMILES string of the molecule is CC1(C)O[C@H](CCn2cc(C(=O)COc3cc4ccc(Cl)cc4cc3C(N)=O)c3ccc(C4CC4)cc32)[C@@H](CO[Si](C)(C)C(C)(C)C)O1. The van der Waals surface area contributed by atoms with E-state index in [1.807, 2.05) is 26.1 Å². The largest absolute Gasteiger partial charge is 0.485 e. The summed E-state index contributed by atoms with van der Waals surface area (Å²) in [6.45, 7) is 16.0. The number of aromatic nitrogens is 1. The molecule has 8 nitrogen and oxygen atoms in total. The number of carbonyl (C=O) groups is 2. The Morgan fingerprint density at radius 1 is 1.00 bits per heavy atom. The second-order valence-corrected chi connectivity index (χ2v) is 20.5. The number of fused-ring (bicyclic) bond motifs is 2. The summed E-state index contributed by atoms with van der Waals surface area (Å²) >= 11 is 6.15. The third-order valence-electron chi connectivity index (χ3n) is 10.1. The second kappa shape index (κ2) is 12.9. The van der Waals surface area contributed by atoms with Gasteiger partial charge in [0.1, 0.15) is 11.9 Å². The van der Waals surface area contributed by atoms with Crippen molar-refractivity contribution in [1.29, 1.82) is 0 Å². The summed E-state index contributed by atoms with van der Waals surface area (Å²) < 4.78 is 27.4. The normalized spacial score (nSPS) is 19.7. The maximum Gasteiger partial charge on any atom is 0.252 e. The van der Waals surface area contributed by atoms with Crippen LogP contribution in [0.1, 0.15) is 86.1 Å².